The van der Waals surface area contributed by atoms with Crippen LogP contribution in [0.15, 0.2) is 18.2 Å². The molecule has 1 aromatic heterocycles. The van der Waals surface area contributed by atoms with Crippen LogP contribution in [0.3, 0.4) is 0 Å². The molecule has 3 aliphatic heterocycles. The van der Waals surface area contributed by atoms with E-state index in [-0.39, 0.29) is 18.7 Å². The van der Waals surface area contributed by atoms with E-state index >= 15 is 0 Å². The van der Waals surface area contributed by atoms with Crippen molar-refractivity contribution in [1.82, 2.24) is 24.9 Å². The molecule has 29 heavy (non-hydrogen) atoms. The number of nitrogens with one attached hydrogen (secondary N) is 1. The van der Waals surface area contributed by atoms with Gasteiger partial charge in [-0.2, -0.15) is 5.10 Å². The van der Waals surface area contributed by atoms with E-state index in [0.717, 1.165) is 66.6 Å². The fourth-order valence-electron chi connectivity index (χ4n) is 4.44. The highest BCUT2D eigenvalue weighted by Gasteiger charge is 2.30. The summed E-state index contributed by atoms with van der Waals surface area (Å²) < 4.78 is 10.9. The molecule has 0 unspecified atom stereocenters. The summed E-state index contributed by atoms with van der Waals surface area (Å²) >= 11 is 0. The Balaban J connectivity index is 1.33. The molecule has 1 fully saturated rings. The number of amides is 1. The molecule has 0 spiro atoms. The van der Waals surface area contributed by atoms with Crippen LogP contribution in [0.25, 0.3) is 11.3 Å². The van der Waals surface area contributed by atoms with Gasteiger partial charge < -0.3 is 24.2 Å². The largest absolute Gasteiger partial charge is 0.454 e. The molecule has 1 amide bonds. The lowest BCUT2D eigenvalue weighted by atomic mass is 10.00. The lowest BCUT2D eigenvalue weighted by Gasteiger charge is -2.38. The third kappa shape index (κ3) is 3.47. The topological polar surface area (TPSA) is 73.9 Å². The highest BCUT2D eigenvalue weighted by atomic mass is 16.7. The van der Waals surface area contributed by atoms with E-state index in [1.54, 1.807) is 0 Å². The summed E-state index contributed by atoms with van der Waals surface area (Å²) in [4.78, 5) is 19.7. The number of ether oxygens (including phenoxy) is 2. The number of rotatable bonds is 3. The van der Waals surface area contributed by atoms with Crippen molar-refractivity contribution < 1.29 is 14.3 Å². The van der Waals surface area contributed by atoms with Gasteiger partial charge in [-0.05, 0) is 32.3 Å². The van der Waals surface area contributed by atoms with E-state index in [1.807, 2.05) is 23.1 Å². The summed E-state index contributed by atoms with van der Waals surface area (Å²) in [5.41, 5.74) is 4.11. The molecule has 0 saturated carbocycles. The molecule has 154 valence electrons. The predicted molar refractivity (Wildman–Crippen MR) is 108 cm³/mol. The fourth-order valence-corrected chi connectivity index (χ4v) is 4.44. The molecule has 3 aliphatic rings. The number of carbonyl (C=O) groups excluding carboxylic acids is 1. The van der Waals surface area contributed by atoms with Gasteiger partial charge in [-0.15, -0.1) is 0 Å². The molecule has 2 aromatic rings. The SMILES string of the molecule is CN1CCN(C)[C@@H](CC(=O)N2CCc3[nH]nc(-c4ccc5c(c4)OCO5)c3C2)C1. The van der Waals surface area contributed by atoms with E-state index in [9.17, 15) is 4.79 Å². The zero-order valence-corrected chi connectivity index (χ0v) is 17.0. The maximum Gasteiger partial charge on any atom is 0.231 e. The normalized spacial score (nSPS) is 22.0. The van der Waals surface area contributed by atoms with Gasteiger partial charge in [0.15, 0.2) is 11.5 Å². The number of H-pyrrole nitrogens is 1. The van der Waals surface area contributed by atoms with Gasteiger partial charge >= 0.3 is 0 Å². The zero-order valence-electron chi connectivity index (χ0n) is 17.0. The molecule has 1 aromatic carbocycles. The van der Waals surface area contributed by atoms with Crippen LogP contribution in [0.4, 0.5) is 0 Å². The molecule has 0 aliphatic carbocycles. The summed E-state index contributed by atoms with van der Waals surface area (Å²) in [5, 5.41) is 7.72. The second-order valence-electron chi connectivity index (χ2n) is 8.26. The molecule has 8 heteroatoms. The summed E-state index contributed by atoms with van der Waals surface area (Å²) in [5.74, 6) is 1.73. The van der Waals surface area contributed by atoms with Gasteiger partial charge in [0.05, 0.1) is 5.69 Å². The quantitative estimate of drug-likeness (QED) is 0.842. The van der Waals surface area contributed by atoms with E-state index in [2.05, 4.69) is 34.1 Å². The minimum absolute atomic E-state index is 0.223. The van der Waals surface area contributed by atoms with Crippen LogP contribution >= 0.6 is 0 Å². The Morgan fingerprint density at radius 3 is 2.97 bits per heavy atom. The predicted octanol–water partition coefficient (Wildman–Crippen LogP) is 1.33. The van der Waals surface area contributed by atoms with E-state index in [0.29, 0.717) is 13.0 Å². The molecule has 1 N–H and O–H groups in total. The lowest BCUT2D eigenvalue weighted by molar-refractivity contribution is -0.133. The minimum Gasteiger partial charge on any atom is -0.454 e. The number of piperazine rings is 1. The average molecular weight is 397 g/mol. The minimum atomic E-state index is 0.223. The van der Waals surface area contributed by atoms with Gasteiger partial charge in [-0.25, -0.2) is 0 Å². The van der Waals surface area contributed by atoms with Crippen LogP contribution in [-0.4, -0.2) is 83.9 Å². The van der Waals surface area contributed by atoms with Gasteiger partial charge in [0.2, 0.25) is 12.7 Å². The number of hydrogen-bond acceptors (Lipinski definition) is 6. The molecule has 8 nitrogen and oxygen atoms in total. The monoisotopic (exact) mass is 397 g/mol. The number of benzene rings is 1. The summed E-state index contributed by atoms with van der Waals surface area (Å²) in [6, 6.07) is 6.16. The number of hydrogen-bond donors (Lipinski definition) is 1. The number of aromatic amines is 1. The third-order valence-electron chi connectivity index (χ3n) is 6.32. The Morgan fingerprint density at radius 2 is 2.07 bits per heavy atom. The first-order valence-electron chi connectivity index (χ1n) is 10.2. The van der Waals surface area contributed by atoms with Crippen LogP contribution < -0.4 is 9.47 Å². The Bertz CT molecular complexity index is 927. The van der Waals surface area contributed by atoms with Gasteiger partial charge in [-0.1, -0.05) is 0 Å². The molecule has 1 saturated heterocycles. The fraction of sp³-hybridized carbons (Fsp3) is 0.524. The first-order chi connectivity index (χ1) is 14.1. The molecular weight excluding hydrogens is 370 g/mol. The third-order valence-corrected chi connectivity index (χ3v) is 6.32. The van der Waals surface area contributed by atoms with Gasteiger partial charge in [0, 0.05) is 68.4 Å². The van der Waals surface area contributed by atoms with Crippen molar-refractivity contribution in [3.63, 3.8) is 0 Å². The molecule has 1 atom stereocenters. The van der Waals surface area contributed by atoms with Crippen molar-refractivity contribution in [2.24, 2.45) is 0 Å². The summed E-state index contributed by atoms with van der Waals surface area (Å²) in [7, 11) is 4.24. The summed E-state index contributed by atoms with van der Waals surface area (Å²) in [6.45, 7) is 4.60. The van der Waals surface area contributed by atoms with Gasteiger partial charge in [-0.3, -0.25) is 9.89 Å². The molecule has 4 heterocycles. The maximum absolute atomic E-state index is 13.1. The number of aromatic nitrogens is 2. The first-order valence-corrected chi connectivity index (χ1v) is 10.2. The Labute approximate surface area is 170 Å². The van der Waals surface area contributed by atoms with Crippen LogP contribution in [0.2, 0.25) is 0 Å². The number of likely N-dealkylation sites (N-methyl/N-ethyl adjacent to an activating group) is 2. The Morgan fingerprint density at radius 1 is 1.21 bits per heavy atom. The smallest absolute Gasteiger partial charge is 0.231 e. The van der Waals surface area contributed by atoms with Crippen LogP contribution in [0, 0.1) is 0 Å². The molecule has 5 rings (SSSR count). The second kappa shape index (κ2) is 7.35. The second-order valence-corrected chi connectivity index (χ2v) is 8.26. The van der Waals surface area contributed by atoms with Gasteiger partial charge in [0.1, 0.15) is 0 Å². The van der Waals surface area contributed by atoms with Crippen LogP contribution in [0.1, 0.15) is 17.7 Å². The van der Waals surface area contributed by atoms with E-state index in [4.69, 9.17) is 9.47 Å². The average Bonchev–Trinajstić information content (AvgIpc) is 3.36. The lowest BCUT2D eigenvalue weighted by Crippen LogP contribution is -2.52. The highest BCUT2D eigenvalue weighted by molar-refractivity contribution is 5.78. The molecule has 0 radical (unpaired) electrons. The molecule has 0 bridgehead atoms. The zero-order chi connectivity index (χ0) is 20.0. The van der Waals surface area contributed by atoms with Crippen molar-refractivity contribution in [3.8, 4) is 22.8 Å². The van der Waals surface area contributed by atoms with E-state index < -0.39 is 0 Å². The van der Waals surface area contributed by atoms with Crippen molar-refractivity contribution in [2.75, 3.05) is 47.1 Å². The first kappa shape index (κ1) is 18.4. The van der Waals surface area contributed by atoms with Crippen molar-refractivity contribution in [1.29, 1.82) is 0 Å². The van der Waals surface area contributed by atoms with Crippen molar-refractivity contribution in [2.45, 2.75) is 25.4 Å². The Hall–Kier alpha value is -2.58. The van der Waals surface area contributed by atoms with Crippen molar-refractivity contribution >= 4 is 5.91 Å². The summed E-state index contributed by atoms with van der Waals surface area (Å²) in [6.07, 6.45) is 1.37. The maximum atomic E-state index is 13.1. The van der Waals surface area contributed by atoms with Crippen molar-refractivity contribution in [3.05, 3.63) is 29.5 Å². The molecular formula is C21H27N5O3. The Kier molecular flexibility index (Phi) is 4.67. The highest BCUT2D eigenvalue weighted by Crippen LogP contribution is 2.37. The van der Waals surface area contributed by atoms with Gasteiger partial charge in [0.25, 0.3) is 0 Å². The number of nitrogens with zero attached hydrogens (tertiary/aromatic N) is 4. The number of carbonyl (C=O) groups is 1. The van der Waals surface area contributed by atoms with Crippen LogP contribution in [0.5, 0.6) is 11.5 Å². The standard InChI is InChI=1S/C21H27N5O3/c1-24-7-8-25(2)15(11-24)10-20(27)26-6-5-17-16(12-26)21(23-22-17)14-3-4-18-19(9-14)29-13-28-18/h3-4,9,15H,5-8,10-13H2,1-2H3,(H,22,23)/t15-/m0/s1. The van der Waals surface area contributed by atoms with E-state index in [1.165, 1.54) is 0 Å². The van der Waals surface area contributed by atoms with Crippen LogP contribution in [-0.2, 0) is 17.8 Å². The number of fused-ring (bicyclic) bond motifs is 2.